The smallest absolute Gasteiger partial charge is 0.317 e. The normalized spacial score (nSPS) is 9.75. The number of aryl methyl sites for hydroxylation is 2. The van der Waals surface area contributed by atoms with Gasteiger partial charge in [0.1, 0.15) is 5.75 Å². The lowest BCUT2D eigenvalue weighted by Gasteiger charge is -2.10. The lowest BCUT2D eigenvalue weighted by molar-refractivity contribution is -0.118. The summed E-state index contributed by atoms with van der Waals surface area (Å²) in [6, 6.07) is 5.42. The fraction of sp³-hybridized carbons (Fsp3) is 0.429. The molecule has 0 atom stereocenters. The molecular weight excluding hydrogens is 258 g/mol. The van der Waals surface area contributed by atoms with Gasteiger partial charge in [-0.2, -0.15) is 0 Å². The van der Waals surface area contributed by atoms with E-state index in [0.717, 1.165) is 5.56 Å². The number of rotatable bonds is 6. The Kier molecular flexibility index (Phi) is 6.36. The molecule has 3 N–H and O–H groups in total. The van der Waals surface area contributed by atoms with Gasteiger partial charge in [0, 0.05) is 20.0 Å². The Labute approximate surface area is 118 Å². The van der Waals surface area contributed by atoms with Crippen molar-refractivity contribution in [2.24, 2.45) is 0 Å². The Hall–Kier alpha value is -2.24. The van der Waals surface area contributed by atoms with Gasteiger partial charge in [-0.3, -0.25) is 4.79 Å². The van der Waals surface area contributed by atoms with Crippen LogP contribution in [0.5, 0.6) is 5.75 Å². The van der Waals surface area contributed by atoms with Crippen molar-refractivity contribution < 1.29 is 14.3 Å². The van der Waals surface area contributed by atoms with E-state index >= 15 is 0 Å². The Morgan fingerprint density at radius 3 is 2.40 bits per heavy atom. The molecule has 3 amide bonds. The first-order valence-electron chi connectivity index (χ1n) is 6.45. The number of ether oxygens (including phenoxy) is 1. The fourth-order valence-electron chi connectivity index (χ4n) is 1.47. The van der Waals surface area contributed by atoms with Crippen molar-refractivity contribution in [3.63, 3.8) is 0 Å². The Balaban J connectivity index is 2.18. The minimum absolute atomic E-state index is 0.0917. The molecule has 0 aromatic heterocycles. The van der Waals surface area contributed by atoms with Crippen molar-refractivity contribution >= 4 is 11.9 Å². The van der Waals surface area contributed by atoms with Crippen molar-refractivity contribution in [3.05, 3.63) is 29.3 Å². The predicted molar refractivity (Wildman–Crippen MR) is 76.6 cm³/mol. The van der Waals surface area contributed by atoms with Gasteiger partial charge in [0.25, 0.3) is 0 Å². The van der Waals surface area contributed by atoms with Crippen molar-refractivity contribution in [2.75, 3.05) is 19.8 Å². The first-order chi connectivity index (χ1) is 9.49. The zero-order chi connectivity index (χ0) is 15.0. The molecule has 1 rings (SSSR count). The summed E-state index contributed by atoms with van der Waals surface area (Å²) < 4.78 is 5.42. The van der Waals surface area contributed by atoms with Gasteiger partial charge in [-0.15, -0.1) is 0 Å². The maximum atomic E-state index is 11.4. The zero-order valence-electron chi connectivity index (χ0n) is 12.1. The molecule has 0 radical (unpaired) electrons. The van der Waals surface area contributed by atoms with Crippen LogP contribution in [0, 0.1) is 13.8 Å². The molecule has 0 bridgehead atoms. The third-order valence-corrected chi connectivity index (χ3v) is 2.73. The number of carbonyl (C=O) groups excluding carboxylic acids is 2. The van der Waals surface area contributed by atoms with Crippen LogP contribution in [0.3, 0.4) is 0 Å². The van der Waals surface area contributed by atoms with E-state index in [1.54, 1.807) is 0 Å². The number of hydrogen-bond donors (Lipinski definition) is 3. The van der Waals surface area contributed by atoms with Crippen LogP contribution in [0.15, 0.2) is 18.2 Å². The first kappa shape index (κ1) is 15.8. The predicted octanol–water partition coefficient (Wildman–Crippen LogP) is 1.08. The second-order valence-corrected chi connectivity index (χ2v) is 4.45. The summed E-state index contributed by atoms with van der Waals surface area (Å²) in [5.74, 6) is 0.594. The lowest BCUT2D eigenvalue weighted by atomic mass is 10.1. The third kappa shape index (κ3) is 6.08. The molecule has 6 nitrogen and oxygen atoms in total. The van der Waals surface area contributed by atoms with Crippen LogP contribution in [0.1, 0.15) is 18.1 Å². The van der Waals surface area contributed by atoms with Gasteiger partial charge in [0.05, 0.1) is 0 Å². The molecule has 0 fully saturated rings. The average Bonchev–Trinajstić information content (AvgIpc) is 2.39. The molecule has 6 heteroatoms. The number of benzene rings is 1. The van der Waals surface area contributed by atoms with Gasteiger partial charge >= 0.3 is 6.03 Å². The molecule has 20 heavy (non-hydrogen) atoms. The highest BCUT2D eigenvalue weighted by molar-refractivity contribution is 5.74. The van der Waals surface area contributed by atoms with E-state index in [2.05, 4.69) is 16.0 Å². The molecule has 0 aliphatic carbocycles. The molecule has 0 spiro atoms. The number of carbonyl (C=O) groups is 2. The number of amides is 3. The van der Waals surface area contributed by atoms with Gasteiger partial charge in [0.15, 0.2) is 6.73 Å². The number of urea groups is 1. The minimum atomic E-state index is -0.334. The van der Waals surface area contributed by atoms with Crippen molar-refractivity contribution in [1.29, 1.82) is 0 Å². The van der Waals surface area contributed by atoms with E-state index < -0.39 is 0 Å². The SMILES string of the molecule is CC(=O)NCCNC(=O)NCOc1ccc(C)c(C)c1. The Morgan fingerprint density at radius 2 is 1.75 bits per heavy atom. The fourth-order valence-corrected chi connectivity index (χ4v) is 1.47. The van der Waals surface area contributed by atoms with Gasteiger partial charge in [-0.25, -0.2) is 4.79 Å². The van der Waals surface area contributed by atoms with E-state index in [-0.39, 0.29) is 18.7 Å². The summed E-state index contributed by atoms with van der Waals surface area (Å²) in [5, 5.41) is 7.75. The highest BCUT2D eigenvalue weighted by atomic mass is 16.5. The topological polar surface area (TPSA) is 79.5 Å². The van der Waals surface area contributed by atoms with Gasteiger partial charge in [-0.1, -0.05) is 6.07 Å². The second-order valence-electron chi connectivity index (χ2n) is 4.45. The van der Waals surface area contributed by atoms with Crippen molar-refractivity contribution in [3.8, 4) is 5.75 Å². The van der Waals surface area contributed by atoms with Crippen LogP contribution >= 0.6 is 0 Å². The molecular formula is C14H21N3O3. The molecule has 0 saturated heterocycles. The maximum absolute atomic E-state index is 11.4. The molecule has 1 aromatic carbocycles. The van der Waals surface area contributed by atoms with Crippen LogP contribution in [-0.4, -0.2) is 31.8 Å². The van der Waals surface area contributed by atoms with Crippen LogP contribution < -0.4 is 20.7 Å². The largest absolute Gasteiger partial charge is 0.473 e. The summed E-state index contributed by atoms with van der Waals surface area (Å²) >= 11 is 0. The maximum Gasteiger partial charge on any atom is 0.317 e. The van der Waals surface area contributed by atoms with Crippen LogP contribution in [-0.2, 0) is 4.79 Å². The van der Waals surface area contributed by atoms with E-state index in [4.69, 9.17) is 4.74 Å². The van der Waals surface area contributed by atoms with Gasteiger partial charge in [-0.05, 0) is 37.1 Å². The van der Waals surface area contributed by atoms with Crippen LogP contribution in [0.25, 0.3) is 0 Å². The highest BCUT2D eigenvalue weighted by Crippen LogP contribution is 2.15. The first-order valence-corrected chi connectivity index (χ1v) is 6.45. The Morgan fingerprint density at radius 1 is 1.05 bits per heavy atom. The van der Waals surface area contributed by atoms with Crippen LogP contribution in [0.2, 0.25) is 0 Å². The molecule has 0 aliphatic rings. The van der Waals surface area contributed by atoms with Crippen molar-refractivity contribution in [1.82, 2.24) is 16.0 Å². The summed E-state index contributed by atoms with van der Waals surface area (Å²) in [7, 11) is 0. The third-order valence-electron chi connectivity index (χ3n) is 2.73. The van der Waals surface area contributed by atoms with Gasteiger partial charge in [0.2, 0.25) is 5.91 Å². The van der Waals surface area contributed by atoms with Crippen molar-refractivity contribution in [2.45, 2.75) is 20.8 Å². The quantitative estimate of drug-likeness (QED) is 0.538. The number of nitrogens with one attached hydrogen (secondary N) is 3. The summed E-state index contributed by atoms with van der Waals surface area (Å²) in [5.41, 5.74) is 2.34. The standard InChI is InChI=1S/C14H21N3O3/c1-10-4-5-13(8-11(10)2)20-9-17-14(19)16-7-6-15-12(3)18/h4-5,8H,6-7,9H2,1-3H3,(H,15,18)(H2,16,17,19). The van der Waals surface area contributed by atoms with Gasteiger partial charge < -0.3 is 20.7 Å². The highest BCUT2D eigenvalue weighted by Gasteiger charge is 2.00. The zero-order valence-corrected chi connectivity index (χ0v) is 12.1. The van der Waals surface area contributed by atoms with E-state index in [1.807, 2.05) is 32.0 Å². The lowest BCUT2D eigenvalue weighted by Crippen LogP contribution is -2.41. The molecule has 1 aromatic rings. The molecule has 0 unspecified atom stereocenters. The second kappa shape index (κ2) is 8.04. The molecule has 0 heterocycles. The molecule has 0 aliphatic heterocycles. The van der Waals surface area contributed by atoms with E-state index in [0.29, 0.717) is 18.8 Å². The summed E-state index contributed by atoms with van der Waals surface area (Å²) in [4.78, 5) is 22.0. The van der Waals surface area contributed by atoms with E-state index in [9.17, 15) is 9.59 Å². The monoisotopic (exact) mass is 279 g/mol. The summed E-state index contributed by atoms with van der Waals surface area (Å²) in [6.07, 6.45) is 0. The average molecular weight is 279 g/mol. The van der Waals surface area contributed by atoms with E-state index in [1.165, 1.54) is 12.5 Å². The summed E-state index contributed by atoms with van der Waals surface area (Å²) in [6.45, 7) is 6.33. The molecule has 0 saturated carbocycles. The molecule has 110 valence electrons. The minimum Gasteiger partial charge on any atom is -0.473 e. The van der Waals surface area contributed by atoms with Crippen LogP contribution in [0.4, 0.5) is 4.79 Å². The number of hydrogen-bond acceptors (Lipinski definition) is 3. The Bertz CT molecular complexity index is 475.